The lowest BCUT2D eigenvalue weighted by atomic mass is 9.61. The van der Waals surface area contributed by atoms with E-state index in [1.54, 1.807) is 54.6 Å². The molecule has 3 aromatic rings. The van der Waals surface area contributed by atoms with Gasteiger partial charge in [-0.25, -0.2) is 0 Å². The molecule has 1 saturated heterocycles. The topological polar surface area (TPSA) is 27.7 Å². The second-order valence-electron chi connectivity index (χ2n) is 6.42. The lowest BCUT2D eigenvalue weighted by Gasteiger charge is -2.31. The molecule has 4 rings (SSSR count). The Morgan fingerprint density at radius 3 is 0.900 bits per heavy atom. The number of hydrogen-bond acceptors (Lipinski definition) is 3. The van der Waals surface area contributed by atoms with Crippen LogP contribution in [-0.2, 0) is 13.7 Å². The Kier molecular flexibility index (Phi) is 7.20. The Bertz CT molecular complexity index is 960. The Morgan fingerprint density at radius 1 is 0.400 bits per heavy atom. The average molecular weight is 518 g/mol. The van der Waals surface area contributed by atoms with E-state index in [1.807, 2.05) is 0 Å². The van der Waals surface area contributed by atoms with Gasteiger partial charge in [-0.15, -0.1) is 0 Å². The first kappa shape index (κ1) is 22.7. The van der Waals surface area contributed by atoms with Crippen molar-refractivity contribution in [1.29, 1.82) is 0 Å². The highest BCUT2D eigenvalue weighted by molar-refractivity contribution is 6.87. The Morgan fingerprint density at radius 2 is 0.667 bits per heavy atom. The predicted octanol–water partition coefficient (Wildman–Crippen LogP) is 5.16. The molecule has 30 heavy (non-hydrogen) atoms. The van der Waals surface area contributed by atoms with Crippen molar-refractivity contribution in [3.8, 4) is 0 Å². The molecule has 150 valence electrons. The first-order chi connectivity index (χ1) is 14.3. The molecule has 0 saturated carbocycles. The minimum atomic E-state index is -0.799. The number of rotatable bonds is 3. The van der Waals surface area contributed by atoms with E-state index < -0.39 is 21.4 Å². The normalized spacial score (nSPS) is 14.4. The van der Waals surface area contributed by atoms with Gasteiger partial charge in [0.05, 0.1) is 30.1 Å². The van der Waals surface area contributed by atoms with Crippen molar-refractivity contribution in [2.24, 2.45) is 0 Å². The van der Waals surface area contributed by atoms with Gasteiger partial charge in [0.1, 0.15) is 0 Å². The van der Waals surface area contributed by atoms with Gasteiger partial charge in [0.25, 0.3) is 0 Å². The third-order valence-electron chi connectivity index (χ3n) is 4.39. The first-order valence-corrected chi connectivity index (χ1v) is 10.9. The summed E-state index contributed by atoms with van der Waals surface area (Å²) in [6.45, 7) is 0. The van der Waals surface area contributed by atoms with E-state index in [9.17, 15) is 0 Å². The summed E-state index contributed by atoms with van der Waals surface area (Å²) in [5.74, 6) is 0. The zero-order valence-corrected chi connectivity index (χ0v) is 19.5. The summed E-state index contributed by atoms with van der Waals surface area (Å²) in [6, 6.07) is 15.3. The molecule has 1 heterocycles. The first-order valence-electron chi connectivity index (χ1n) is 8.63. The van der Waals surface area contributed by atoms with Crippen LogP contribution in [0.4, 0.5) is 0 Å². The second kappa shape index (κ2) is 9.54. The minimum Gasteiger partial charge on any atom is -0.445 e. The van der Waals surface area contributed by atoms with Crippen molar-refractivity contribution >= 4 is 107 Å². The second-order valence-corrected chi connectivity index (χ2v) is 8.87. The molecule has 1 fully saturated rings. The standard InChI is InChI=1S/C18H9B3Cl6O3/c22-13-4-1-10(7-16(13)25)19-28-20(11-2-5-14(23)17(26)8-11)30-21(29-19)12-3-6-15(24)18(27)9-12/h1-9H. The van der Waals surface area contributed by atoms with Crippen LogP contribution in [0, 0.1) is 0 Å². The van der Waals surface area contributed by atoms with Gasteiger partial charge in [0.15, 0.2) is 0 Å². The molecule has 3 aromatic carbocycles. The highest BCUT2D eigenvalue weighted by Gasteiger charge is 2.43. The van der Waals surface area contributed by atoms with E-state index in [0.29, 0.717) is 46.5 Å². The van der Waals surface area contributed by atoms with Crippen molar-refractivity contribution in [3.05, 3.63) is 84.7 Å². The van der Waals surface area contributed by atoms with Crippen LogP contribution in [0.1, 0.15) is 0 Å². The summed E-state index contributed by atoms with van der Waals surface area (Å²) in [6.07, 6.45) is 0. The third-order valence-corrected chi connectivity index (χ3v) is 6.61. The van der Waals surface area contributed by atoms with E-state index in [4.69, 9.17) is 83.3 Å². The number of halogens is 6. The molecule has 0 aromatic heterocycles. The highest BCUT2D eigenvalue weighted by atomic mass is 35.5. The smallest absolute Gasteiger partial charge is 0.445 e. The molecular formula is C18H9B3Cl6O3. The molecule has 0 N–H and O–H groups in total. The Hall–Kier alpha value is -0.525. The largest absolute Gasteiger partial charge is 0.467 e. The van der Waals surface area contributed by atoms with Crippen LogP contribution in [-0.4, -0.2) is 21.4 Å². The third kappa shape index (κ3) is 4.93. The van der Waals surface area contributed by atoms with Crippen molar-refractivity contribution in [2.45, 2.75) is 0 Å². The van der Waals surface area contributed by atoms with E-state index in [2.05, 4.69) is 0 Å². The Balaban J connectivity index is 1.72. The van der Waals surface area contributed by atoms with Gasteiger partial charge in [-0.1, -0.05) is 87.8 Å². The lowest BCUT2D eigenvalue weighted by molar-refractivity contribution is 0.308. The summed E-state index contributed by atoms with van der Waals surface area (Å²) in [5, 5.41) is 2.42. The van der Waals surface area contributed by atoms with Crippen LogP contribution < -0.4 is 16.4 Å². The molecule has 0 radical (unpaired) electrons. The van der Waals surface area contributed by atoms with E-state index in [1.165, 1.54) is 0 Å². The van der Waals surface area contributed by atoms with Crippen molar-refractivity contribution in [3.63, 3.8) is 0 Å². The summed E-state index contributed by atoms with van der Waals surface area (Å²) < 4.78 is 18.1. The fourth-order valence-electron chi connectivity index (χ4n) is 2.88. The quantitative estimate of drug-likeness (QED) is 0.449. The van der Waals surface area contributed by atoms with Gasteiger partial charge >= 0.3 is 21.4 Å². The molecule has 3 nitrogen and oxygen atoms in total. The van der Waals surface area contributed by atoms with Crippen LogP contribution in [0.15, 0.2) is 54.6 Å². The SMILES string of the molecule is Clc1ccc(B2OB(c3ccc(Cl)c(Cl)c3)OB(c3ccc(Cl)c(Cl)c3)O2)cc1Cl. The average Bonchev–Trinajstić information content (AvgIpc) is 2.73. The van der Waals surface area contributed by atoms with Crippen LogP contribution in [0.3, 0.4) is 0 Å². The summed E-state index contributed by atoms with van der Waals surface area (Å²) in [5.41, 5.74) is 2.01. The van der Waals surface area contributed by atoms with E-state index in [0.717, 1.165) is 0 Å². The summed E-state index contributed by atoms with van der Waals surface area (Å²) >= 11 is 36.7. The fraction of sp³-hybridized carbons (Fsp3) is 0. The summed E-state index contributed by atoms with van der Waals surface area (Å²) in [4.78, 5) is 0. The lowest BCUT2D eigenvalue weighted by Crippen LogP contribution is -2.61. The molecule has 1 aliphatic rings. The van der Waals surface area contributed by atoms with Gasteiger partial charge in [-0.3, -0.25) is 0 Å². The van der Waals surface area contributed by atoms with Gasteiger partial charge in [-0.05, 0) is 52.8 Å². The van der Waals surface area contributed by atoms with Crippen molar-refractivity contribution in [1.82, 2.24) is 0 Å². The molecule has 0 aliphatic carbocycles. The van der Waals surface area contributed by atoms with E-state index in [-0.39, 0.29) is 0 Å². The summed E-state index contributed by atoms with van der Waals surface area (Å²) in [7, 11) is -2.40. The van der Waals surface area contributed by atoms with E-state index >= 15 is 0 Å². The minimum absolute atomic E-state index is 0.380. The monoisotopic (exact) mass is 516 g/mol. The highest BCUT2D eigenvalue weighted by Crippen LogP contribution is 2.24. The molecule has 12 heteroatoms. The number of hydrogen-bond donors (Lipinski definition) is 0. The maximum Gasteiger partial charge on any atom is 0.467 e. The molecule has 0 unspecified atom stereocenters. The molecule has 1 aliphatic heterocycles. The fourth-order valence-corrected chi connectivity index (χ4v) is 3.80. The molecular weight excluding hydrogens is 509 g/mol. The molecule has 0 amide bonds. The molecule has 0 bridgehead atoms. The Labute approximate surface area is 204 Å². The van der Waals surface area contributed by atoms with Gasteiger partial charge in [-0.2, -0.15) is 0 Å². The van der Waals surface area contributed by atoms with Gasteiger partial charge < -0.3 is 13.7 Å². The van der Waals surface area contributed by atoms with Crippen molar-refractivity contribution < 1.29 is 13.7 Å². The maximum atomic E-state index is 6.18. The predicted molar refractivity (Wildman–Crippen MR) is 129 cm³/mol. The zero-order chi connectivity index (χ0) is 21.4. The maximum absolute atomic E-state index is 6.18. The van der Waals surface area contributed by atoms with Crippen molar-refractivity contribution in [2.75, 3.05) is 0 Å². The zero-order valence-electron chi connectivity index (χ0n) is 14.9. The van der Waals surface area contributed by atoms with Crippen LogP contribution >= 0.6 is 69.6 Å². The van der Waals surface area contributed by atoms with Crippen LogP contribution in [0.5, 0.6) is 0 Å². The number of benzene rings is 3. The van der Waals surface area contributed by atoms with Gasteiger partial charge in [0, 0.05) is 0 Å². The molecule has 0 spiro atoms. The van der Waals surface area contributed by atoms with Crippen LogP contribution in [0.25, 0.3) is 0 Å². The van der Waals surface area contributed by atoms with Gasteiger partial charge in [0.2, 0.25) is 0 Å². The molecule has 0 atom stereocenters. The van der Waals surface area contributed by atoms with Crippen LogP contribution in [0.2, 0.25) is 30.1 Å².